The Morgan fingerprint density at radius 1 is 1.23 bits per heavy atom. The van der Waals surface area contributed by atoms with E-state index in [2.05, 4.69) is 21.0 Å². The lowest BCUT2D eigenvalue weighted by Crippen LogP contribution is -2.40. The second-order valence-corrected chi connectivity index (χ2v) is 7.27. The molecule has 1 aliphatic rings. The number of hydrogen-bond donors (Lipinski definition) is 0. The number of benzene rings is 1. The summed E-state index contributed by atoms with van der Waals surface area (Å²) in [5, 5.41) is 4.38. The summed E-state index contributed by atoms with van der Waals surface area (Å²) in [4.78, 5) is 26.5. The molecule has 0 unspecified atom stereocenters. The molecule has 1 aromatic carbocycles. The van der Waals surface area contributed by atoms with Gasteiger partial charge in [0.25, 0.3) is 5.91 Å². The summed E-state index contributed by atoms with van der Waals surface area (Å²) in [5.41, 5.74) is 2.32. The predicted molar refractivity (Wildman–Crippen MR) is 101 cm³/mol. The van der Waals surface area contributed by atoms with Crippen molar-refractivity contribution in [2.75, 3.05) is 19.7 Å². The molecule has 138 valence electrons. The zero-order valence-corrected chi connectivity index (χ0v) is 16.5. The summed E-state index contributed by atoms with van der Waals surface area (Å²) in [6.45, 7) is 5.22. The van der Waals surface area contributed by atoms with Crippen molar-refractivity contribution in [2.45, 2.75) is 26.7 Å². The second kappa shape index (κ2) is 8.03. The highest BCUT2D eigenvalue weighted by molar-refractivity contribution is 9.10. The third-order valence-electron chi connectivity index (χ3n) is 4.71. The summed E-state index contributed by atoms with van der Waals surface area (Å²) in [6, 6.07) is 7.78. The van der Waals surface area contributed by atoms with E-state index >= 15 is 0 Å². The maximum atomic E-state index is 12.9. The van der Waals surface area contributed by atoms with Gasteiger partial charge in [-0.05, 0) is 51.0 Å². The lowest BCUT2D eigenvalue weighted by Gasteiger charge is -2.30. The molecule has 0 N–H and O–H groups in total. The number of aromatic nitrogens is 2. The largest absolute Gasteiger partial charge is 0.466 e. The van der Waals surface area contributed by atoms with Gasteiger partial charge < -0.3 is 9.64 Å². The number of amides is 1. The van der Waals surface area contributed by atoms with Crippen molar-refractivity contribution < 1.29 is 14.3 Å². The molecule has 0 spiro atoms. The smallest absolute Gasteiger partial charge is 0.309 e. The van der Waals surface area contributed by atoms with Gasteiger partial charge >= 0.3 is 5.97 Å². The fraction of sp³-hybridized carbons (Fsp3) is 0.421. The molecule has 1 saturated heterocycles. The lowest BCUT2D eigenvalue weighted by atomic mass is 9.96. The van der Waals surface area contributed by atoms with Gasteiger partial charge in [-0.15, -0.1) is 0 Å². The van der Waals surface area contributed by atoms with Crippen molar-refractivity contribution in [3.63, 3.8) is 0 Å². The molecule has 0 radical (unpaired) electrons. The molecule has 26 heavy (non-hydrogen) atoms. The molecule has 0 saturated carbocycles. The van der Waals surface area contributed by atoms with Gasteiger partial charge in [0, 0.05) is 17.6 Å². The Hall–Kier alpha value is -2.15. The molecule has 7 heteroatoms. The molecule has 3 rings (SSSR count). The highest BCUT2D eigenvalue weighted by atomic mass is 79.9. The van der Waals surface area contributed by atoms with Crippen molar-refractivity contribution in [2.24, 2.45) is 5.92 Å². The summed E-state index contributed by atoms with van der Waals surface area (Å²) >= 11 is 3.42. The average Bonchev–Trinajstić information content (AvgIpc) is 3.03. The molecule has 1 amide bonds. The van der Waals surface area contributed by atoms with E-state index < -0.39 is 0 Å². The fourth-order valence-corrected chi connectivity index (χ4v) is 3.48. The molecule has 1 aromatic heterocycles. The van der Waals surface area contributed by atoms with Crippen LogP contribution in [0.1, 0.15) is 35.8 Å². The van der Waals surface area contributed by atoms with E-state index in [4.69, 9.17) is 4.74 Å². The summed E-state index contributed by atoms with van der Waals surface area (Å²) in [7, 11) is 0. The van der Waals surface area contributed by atoms with Crippen LogP contribution in [0.15, 0.2) is 34.9 Å². The fourth-order valence-electron chi connectivity index (χ4n) is 3.21. The highest BCUT2D eigenvalue weighted by Crippen LogP contribution is 2.23. The molecule has 0 bridgehead atoms. The normalized spacial score (nSPS) is 15.1. The van der Waals surface area contributed by atoms with E-state index in [1.807, 2.05) is 38.1 Å². The SMILES string of the molecule is CCOC(=O)C1CCN(C(=O)c2cnn(-c3ccc(Br)cc3)c2C)CC1. The Bertz CT molecular complexity index is 793. The Kier molecular flexibility index (Phi) is 5.76. The molecule has 1 fully saturated rings. The number of rotatable bonds is 4. The van der Waals surface area contributed by atoms with Crippen LogP contribution < -0.4 is 0 Å². The monoisotopic (exact) mass is 419 g/mol. The van der Waals surface area contributed by atoms with Crippen LogP contribution in [0.5, 0.6) is 0 Å². The standard InChI is InChI=1S/C19H22BrN3O3/c1-3-26-19(25)14-8-10-22(11-9-14)18(24)17-12-21-23(13(17)2)16-6-4-15(20)5-7-16/h4-7,12,14H,3,8-11H2,1-2H3. The Morgan fingerprint density at radius 3 is 2.50 bits per heavy atom. The van der Waals surface area contributed by atoms with Crippen LogP contribution in [0.25, 0.3) is 5.69 Å². The van der Waals surface area contributed by atoms with Crippen LogP contribution in [0, 0.1) is 12.8 Å². The van der Waals surface area contributed by atoms with E-state index in [0.29, 0.717) is 38.1 Å². The number of likely N-dealkylation sites (tertiary alicyclic amines) is 1. The first-order chi connectivity index (χ1) is 12.5. The van der Waals surface area contributed by atoms with Crippen LogP contribution >= 0.6 is 15.9 Å². The van der Waals surface area contributed by atoms with Crippen molar-refractivity contribution in [3.8, 4) is 5.69 Å². The van der Waals surface area contributed by atoms with Gasteiger partial charge in [-0.1, -0.05) is 15.9 Å². The number of carbonyl (C=O) groups is 2. The third kappa shape index (κ3) is 3.82. The Labute approximate surface area is 161 Å². The first-order valence-electron chi connectivity index (χ1n) is 8.77. The number of ether oxygens (including phenoxy) is 1. The van der Waals surface area contributed by atoms with Crippen LogP contribution in [0.2, 0.25) is 0 Å². The number of esters is 1. The third-order valence-corrected chi connectivity index (χ3v) is 5.24. The molecule has 1 aliphatic heterocycles. The van der Waals surface area contributed by atoms with Crippen LogP contribution in [0.3, 0.4) is 0 Å². The summed E-state index contributed by atoms with van der Waals surface area (Å²) in [6.07, 6.45) is 2.91. The quantitative estimate of drug-likeness (QED) is 0.712. The topological polar surface area (TPSA) is 64.4 Å². The molecule has 2 heterocycles. The van der Waals surface area contributed by atoms with Crippen molar-refractivity contribution >= 4 is 27.8 Å². The van der Waals surface area contributed by atoms with Gasteiger partial charge in [0.1, 0.15) is 0 Å². The Balaban J connectivity index is 1.70. The van der Waals surface area contributed by atoms with E-state index in [9.17, 15) is 9.59 Å². The highest BCUT2D eigenvalue weighted by Gasteiger charge is 2.30. The zero-order chi connectivity index (χ0) is 18.7. The number of hydrogen-bond acceptors (Lipinski definition) is 4. The number of piperidine rings is 1. The van der Waals surface area contributed by atoms with Crippen molar-refractivity contribution in [1.29, 1.82) is 0 Å². The van der Waals surface area contributed by atoms with Gasteiger partial charge in [0.2, 0.25) is 0 Å². The molecular formula is C19H22BrN3O3. The molecule has 0 atom stereocenters. The zero-order valence-electron chi connectivity index (χ0n) is 14.9. The molecular weight excluding hydrogens is 398 g/mol. The van der Waals surface area contributed by atoms with E-state index in [-0.39, 0.29) is 17.8 Å². The predicted octanol–water partition coefficient (Wildman–Crippen LogP) is 3.36. The minimum atomic E-state index is -0.154. The van der Waals surface area contributed by atoms with Crippen LogP contribution in [-0.2, 0) is 9.53 Å². The maximum absolute atomic E-state index is 12.9. The van der Waals surface area contributed by atoms with E-state index in [0.717, 1.165) is 15.9 Å². The summed E-state index contributed by atoms with van der Waals surface area (Å²) in [5.74, 6) is -0.294. The van der Waals surface area contributed by atoms with Crippen molar-refractivity contribution in [1.82, 2.24) is 14.7 Å². The first kappa shape index (κ1) is 18.6. The minimum absolute atomic E-state index is 0.0341. The molecule has 2 aromatic rings. The van der Waals surface area contributed by atoms with Gasteiger partial charge in [-0.3, -0.25) is 9.59 Å². The number of carbonyl (C=O) groups excluding carboxylic acids is 2. The molecule has 6 nitrogen and oxygen atoms in total. The summed E-state index contributed by atoms with van der Waals surface area (Å²) < 4.78 is 7.84. The first-order valence-corrected chi connectivity index (χ1v) is 9.57. The van der Waals surface area contributed by atoms with Crippen molar-refractivity contribution in [3.05, 3.63) is 46.2 Å². The van der Waals surface area contributed by atoms with Crippen LogP contribution in [-0.4, -0.2) is 46.3 Å². The van der Waals surface area contributed by atoms with Gasteiger partial charge in [-0.2, -0.15) is 5.10 Å². The second-order valence-electron chi connectivity index (χ2n) is 6.35. The van der Waals surface area contributed by atoms with Gasteiger partial charge in [-0.25, -0.2) is 4.68 Å². The lowest BCUT2D eigenvalue weighted by molar-refractivity contribution is -0.149. The van der Waals surface area contributed by atoms with Gasteiger partial charge in [0.15, 0.2) is 0 Å². The molecule has 0 aliphatic carbocycles. The minimum Gasteiger partial charge on any atom is -0.466 e. The van der Waals surface area contributed by atoms with Gasteiger partial charge in [0.05, 0.1) is 35.7 Å². The van der Waals surface area contributed by atoms with E-state index in [1.165, 1.54) is 0 Å². The van der Waals surface area contributed by atoms with E-state index in [1.54, 1.807) is 15.8 Å². The average molecular weight is 420 g/mol. The maximum Gasteiger partial charge on any atom is 0.309 e. The number of halogens is 1. The number of nitrogens with zero attached hydrogens (tertiary/aromatic N) is 3. The Morgan fingerprint density at radius 2 is 1.88 bits per heavy atom. The van der Waals surface area contributed by atoms with Crippen LogP contribution in [0.4, 0.5) is 0 Å².